The lowest BCUT2D eigenvalue weighted by atomic mass is 10.0. The first-order chi connectivity index (χ1) is 10.0. The summed E-state index contributed by atoms with van der Waals surface area (Å²) < 4.78 is 0. The number of hydrogen-bond acceptors (Lipinski definition) is 4. The Bertz CT molecular complexity index is 557. The first-order valence-corrected chi connectivity index (χ1v) is 7.72. The minimum atomic E-state index is 0.0828. The third kappa shape index (κ3) is 2.83. The predicted octanol–water partition coefficient (Wildman–Crippen LogP) is 1.68. The number of aryl methyl sites for hydroxylation is 1. The molecule has 2 aliphatic heterocycles. The van der Waals surface area contributed by atoms with Crippen molar-refractivity contribution in [3.63, 3.8) is 0 Å². The second-order valence-corrected chi connectivity index (χ2v) is 6.27. The van der Waals surface area contributed by atoms with E-state index in [1.54, 1.807) is 0 Å². The molecular weight excluding hydrogens is 264 g/mol. The highest BCUT2D eigenvalue weighted by Crippen LogP contribution is 2.34. The predicted molar refractivity (Wildman–Crippen MR) is 86.7 cm³/mol. The maximum atomic E-state index is 11.5. The number of fused-ring (bicyclic) bond motifs is 1. The molecule has 2 aliphatic rings. The molecule has 114 valence electrons. The lowest BCUT2D eigenvalue weighted by Crippen LogP contribution is -2.38. The molecule has 0 bridgehead atoms. The number of amides is 1. The van der Waals surface area contributed by atoms with Crippen molar-refractivity contribution in [3.8, 4) is 0 Å². The molecule has 5 heteroatoms. The molecular formula is C16H24N4O. The molecule has 3 rings (SSSR count). The Kier molecular flexibility index (Phi) is 3.76. The molecule has 3 N–H and O–H groups in total. The summed E-state index contributed by atoms with van der Waals surface area (Å²) >= 11 is 0. The van der Waals surface area contributed by atoms with Crippen LogP contribution in [0.2, 0.25) is 0 Å². The van der Waals surface area contributed by atoms with Gasteiger partial charge in [-0.05, 0) is 51.1 Å². The number of carbonyl (C=O) groups excluding carboxylic acids is 1. The summed E-state index contributed by atoms with van der Waals surface area (Å²) in [4.78, 5) is 16.3. The second kappa shape index (κ2) is 5.56. The first kappa shape index (κ1) is 14.2. The van der Waals surface area contributed by atoms with Crippen molar-refractivity contribution in [2.45, 2.75) is 32.2 Å². The van der Waals surface area contributed by atoms with E-state index in [9.17, 15) is 4.79 Å². The van der Waals surface area contributed by atoms with Crippen LogP contribution in [0.1, 0.15) is 25.3 Å². The van der Waals surface area contributed by atoms with Crippen LogP contribution in [0.4, 0.5) is 17.1 Å². The molecule has 5 nitrogen and oxygen atoms in total. The molecule has 1 amide bonds. The summed E-state index contributed by atoms with van der Waals surface area (Å²) in [6.45, 7) is 5.46. The van der Waals surface area contributed by atoms with E-state index in [2.05, 4.69) is 35.2 Å². The van der Waals surface area contributed by atoms with Gasteiger partial charge in [0.05, 0.1) is 11.4 Å². The van der Waals surface area contributed by atoms with E-state index in [1.807, 2.05) is 6.07 Å². The van der Waals surface area contributed by atoms with Crippen LogP contribution in [0.3, 0.4) is 0 Å². The van der Waals surface area contributed by atoms with Crippen molar-refractivity contribution in [1.82, 2.24) is 4.90 Å². The summed E-state index contributed by atoms with van der Waals surface area (Å²) in [5.41, 5.74) is 10.2. The number of hydrogen-bond donors (Lipinski definition) is 2. The molecule has 0 saturated carbocycles. The average molecular weight is 288 g/mol. The Labute approximate surface area is 126 Å². The molecule has 21 heavy (non-hydrogen) atoms. The summed E-state index contributed by atoms with van der Waals surface area (Å²) in [7, 11) is 2.17. The van der Waals surface area contributed by atoms with Crippen LogP contribution in [-0.2, 0) is 11.2 Å². The maximum Gasteiger partial charge on any atom is 0.224 e. The van der Waals surface area contributed by atoms with Crippen LogP contribution in [-0.4, -0.2) is 43.5 Å². The van der Waals surface area contributed by atoms with Gasteiger partial charge in [-0.15, -0.1) is 0 Å². The second-order valence-electron chi connectivity index (χ2n) is 6.27. The van der Waals surface area contributed by atoms with Crippen LogP contribution in [0, 0.1) is 0 Å². The van der Waals surface area contributed by atoms with Crippen LogP contribution in [0.15, 0.2) is 12.1 Å². The third-order valence-electron chi connectivity index (χ3n) is 4.50. The molecule has 1 fully saturated rings. The van der Waals surface area contributed by atoms with Crippen LogP contribution in [0.25, 0.3) is 0 Å². The average Bonchev–Trinajstić information content (AvgIpc) is 2.58. The topological polar surface area (TPSA) is 61.6 Å². The zero-order valence-electron chi connectivity index (χ0n) is 12.9. The van der Waals surface area contributed by atoms with Gasteiger partial charge in [-0.2, -0.15) is 0 Å². The van der Waals surface area contributed by atoms with Crippen molar-refractivity contribution in [3.05, 3.63) is 17.7 Å². The van der Waals surface area contributed by atoms with Gasteiger partial charge in [-0.1, -0.05) is 0 Å². The van der Waals surface area contributed by atoms with E-state index in [-0.39, 0.29) is 5.91 Å². The zero-order valence-corrected chi connectivity index (χ0v) is 12.9. The molecule has 1 atom stereocenters. The van der Waals surface area contributed by atoms with Crippen LogP contribution < -0.4 is 16.0 Å². The molecule has 1 aromatic carbocycles. The third-order valence-corrected chi connectivity index (χ3v) is 4.50. The largest absolute Gasteiger partial charge is 0.397 e. The first-order valence-electron chi connectivity index (χ1n) is 7.72. The maximum absolute atomic E-state index is 11.5. The fourth-order valence-corrected chi connectivity index (χ4v) is 3.41. The lowest BCUT2D eigenvalue weighted by molar-refractivity contribution is -0.116. The Balaban J connectivity index is 1.93. The SMILES string of the molecule is CC1CN(C)CCCN1c1cc2c(cc1N)NC(=O)CC2. The van der Waals surface area contributed by atoms with E-state index in [0.29, 0.717) is 12.5 Å². The minimum Gasteiger partial charge on any atom is -0.397 e. The van der Waals surface area contributed by atoms with Gasteiger partial charge in [-0.3, -0.25) is 4.79 Å². The van der Waals surface area contributed by atoms with E-state index in [4.69, 9.17) is 5.73 Å². The van der Waals surface area contributed by atoms with Gasteiger partial charge < -0.3 is 20.9 Å². The molecule has 0 aliphatic carbocycles. The van der Waals surface area contributed by atoms with Gasteiger partial charge in [0, 0.05) is 31.2 Å². The van der Waals surface area contributed by atoms with Crippen molar-refractivity contribution >= 4 is 23.0 Å². The van der Waals surface area contributed by atoms with Gasteiger partial charge in [0.25, 0.3) is 0 Å². The van der Waals surface area contributed by atoms with Gasteiger partial charge in [-0.25, -0.2) is 0 Å². The highest BCUT2D eigenvalue weighted by molar-refractivity contribution is 5.95. The number of nitrogen functional groups attached to an aromatic ring is 1. The number of nitrogens with two attached hydrogens (primary N) is 1. The van der Waals surface area contributed by atoms with Crippen molar-refractivity contribution in [2.75, 3.05) is 42.6 Å². The zero-order chi connectivity index (χ0) is 15.0. The molecule has 1 aromatic rings. The Hall–Kier alpha value is -1.75. The van der Waals surface area contributed by atoms with Crippen molar-refractivity contribution in [2.24, 2.45) is 0 Å². The van der Waals surface area contributed by atoms with E-state index >= 15 is 0 Å². The van der Waals surface area contributed by atoms with Crippen LogP contribution >= 0.6 is 0 Å². The van der Waals surface area contributed by atoms with Crippen LogP contribution in [0.5, 0.6) is 0 Å². The summed E-state index contributed by atoms with van der Waals surface area (Å²) in [5, 5.41) is 2.92. The van der Waals surface area contributed by atoms with Gasteiger partial charge in [0.2, 0.25) is 5.91 Å². The lowest BCUT2D eigenvalue weighted by Gasteiger charge is -2.32. The standard InChI is InChI=1S/C16H24N4O/c1-11-10-19(2)6-3-7-20(11)15-8-12-4-5-16(21)18-14(12)9-13(15)17/h8-9,11H,3-7,10,17H2,1-2H3,(H,18,21). The summed E-state index contributed by atoms with van der Waals surface area (Å²) in [6.07, 6.45) is 2.51. The normalized spacial score (nSPS) is 23.4. The van der Waals surface area contributed by atoms with Gasteiger partial charge in [0.1, 0.15) is 0 Å². The number of rotatable bonds is 1. The fourth-order valence-electron chi connectivity index (χ4n) is 3.41. The quantitative estimate of drug-likeness (QED) is 0.772. The summed E-state index contributed by atoms with van der Waals surface area (Å²) in [5.74, 6) is 0.0828. The number of benzene rings is 1. The number of carbonyl (C=O) groups is 1. The number of likely N-dealkylation sites (N-methyl/N-ethyl adjacent to an activating group) is 1. The van der Waals surface area contributed by atoms with E-state index in [1.165, 1.54) is 5.56 Å². The summed E-state index contributed by atoms with van der Waals surface area (Å²) in [6, 6.07) is 4.53. The smallest absolute Gasteiger partial charge is 0.224 e. The molecule has 0 radical (unpaired) electrons. The van der Waals surface area contributed by atoms with Crippen molar-refractivity contribution in [1.29, 1.82) is 0 Å². The molecule has 0 spiro atoms. The van der Waals surface area contributed by atoms with Gasteiger partial charge >= 0.3 is 0 Å². The van der Waals surface area contributed by atoms with Gasteiger partial charge in [0.15, 0.2) is 0 Å². The molecule has 1 saturated heterocycles. The highest BCUT2D eigenvalue weighted by Gasteiger charge is 2.24. The monoisotopic (exact) mass is 288 g/mol. The molecule has 0 aromatic heterocycles. The highest BCUT2D eigenvalue weighted by atomic mass is 16.1. The minimum absolute atomic E-state index is 0.0828. The Morgan fingerprint density at radius 1 is 1.29 bits per heavy atom. The molecule has 1 unspecified atom stereocenters. The number of anilines is 3. The van der Waals surface area contributed by atoms with E-state index < -0.39 is 0 Å². The number of nitrogens with one attached hydrogen (secondary N) is 1. The Morgan fingerprint density at radius 3 is 2.90 bits per heavy atom. The van der Waals surface area contributed by atoms with Crippen molar-refractivity contribution < 1.29 is 4.79 Å². The number of nitrogens with zero attached hydrogens (tertiary/aromatic N) is 2. The van der Waals surface area contributed by atoms with E-state index in [0.717, 1.165) is 49.5 Å². The Morgan fingerprint density at radius 2 is 2.10 bits per heavy atom. The fraction of sp³-hybridized carbons (Fsp3) is 0.562. The molecule has 2 heterocycles.